The van der Waals surface area contributed by atoms with Crippen LogP contribution in [0.3, 0.4) is 0 Å². The monoisotopic (exact) mass is 533 g/mol. The predicted molar refractivity (Wildman–Crippen MR) is 147 cm³/mol. The van der Waals surface area contributed by atoms with E-state index >= 15 is 0 Å². The first-order chi connectivity index (χ1) is 16.6. The molecule has 2 aliphatic heterocycles. The van der Waals surface area contributed by atoms with E-state index in [4.69, 9.17) is 23.2 Å². The van der Waals surface area contributed by atoms with Crippen LogP contribution < -0.4 is 5.32 Å². The average Bonchev–Trinajstić information content (AvgIpc) is 3.21. The number of urea groups is 1. The number of thioether (sulfide) groups is 1. The Balaban J connectivity index is 1.48. The van der Waals surface area contributed by atoms with E-state index in [0.717, 1.165) is 35.4 Å². The highest BCUT2D eigenvalue weighted by Crippen LogP contribution is 2.45. The molecule has 0 radical (unpaired) electrons. The highest BCUT2D eigenvalue weighted by Gasteiger charge is 2.47. The van der Waals surface area contributed by atoms with Crippen LogP contribution in [0.2, 0.25) is 10.0 Å². The van der Waals surface area contributed by atoms with Gasteiger partial charge in [-0.1, -0.05) is 69.1 Å². The molecule has 2 heterocycles. The van der Waals surface area contributed by atoms with Crippen molar-refractivity contribution in [3.8, 4) is 0 Å². The molecule has 0 saturated carbocycles. The lowest BCUT2D eigenvalue weighted by atomic mass is 9.92. The van der Waals surface area contributed by atoms with E-state index in [2.05, 4.69) is 51.2 Å². The van der Waals surface area contributed by atoms with Gasteiger partial charge in [0, 0.05) is 36.1 Å². The molecule has 3 amide bonds. The van der Waals surface area contributed by atoms with Gasteiger partial charge in [-0.05, 0) is 54.0 Å². The van der Waals surface area contributed by atoms with Gasteiger partial charge in [0.1, 0.15) is 0 Å². The number of carbonyl (C=O) groups excluding carboxylic acids is 2. The first-order valence-electron chi connectivity index (χ1n) is 12.2. The van der Waals surface area contributed by atoms with Gasteiger partial charge in [-0.25, -0.2) is 4.79 Å². The molecule has 2 aliphatic rings. The van der Waals surface area contributed by atoms with Crippen LogP contribution in [0.4, 0.5) is 10.5 Å². The normalized spacial score (nSPS) is 17.5. The maximum atomic E-state index is 13.4. The molecule has 1 spiro atoms. The summed E-state index contributed by atoms with van der Waals surface area (Å²) in [6.07, 6.45) is 1.45. The molecule has 2 fully saturated rings. The van der Waals surface area contributed by atoms with E-state index in [-0.39, 0.29) is 16.8 Å². The Kier molecular flexibility index (Phi) is 7.94. The van der Waals surface area contributed by atoms with Crippen LogP contribution in [-0.2, 0) is 0 Å². The summed E-state index contributed by atoms with van der Waals surface area (Å²) >= 11 is 14.2. The summed E-state index contributed by atoms with van der Waals surface area (Å²) in [6.45, 7) is 10.5. The van der Waals surface area contributed by atoms with Crippen LogP contribution >= 0.6 is 35.0 Å². The summed E-state index contributed by atoms with van der Waals surface area (Å²) in [6, 6.07) is 11.2. The number of rotatable bonds is 4. The van der Waals surface area contributed by atoms with E-state index in [0.29, 0.717) is 47.1 Å². The maximum Gasteiger partial charge on any atom is 0.321 e. The van der Waals surface area contributed by atoms with Crippen molar-refractivity contribution in [3.63, 3.8) is 0 Å². The number of para-hydroxylation sites is 1. The Hall–Kier alpha value is -1.89. The fourth-order valence-electron chi connectivity index (χ4n) is 5.06. The molecule has 2 aromatic carbocycles. The number of anilines is 1. The summed E-state index contributed by atoms with van der Waals surface area (Å²) in [7, 11) is 0. The van der Waals surface area contributed by atoms with Crippen molar-refractivity contribution in [3.05, 3.63) is 63.1 Å². The first kappa shape index (κ1) is 26.2. The van der Waals surface area contributed by atoms with Gasteiger partial charge < -0.3 is 15.1 Å². The molecule has 0 bridgehead atoms. The number of hydrogen-bond donors (Lipinski definition) is 1. The molecule has 1 N–H and O–H groups in total. The largest absolute Gasteiger partial charge is 0.324 e. The van der Waals surface area contributed by atoms with Crippen LogP contribution in [0.25, 0.3) is 0 Å². The number of nitrogens with one attached hydrogen (secondary N) is 1. The molecule has 0 atom stereocenters. The van der Waals surface area contributed by atoms with Gasteiger partial charge in [-0.3, -0.25) is 4.79 Å². The van der Waals surface area contributed by atoms with Crippen LogP contribution in [-0.4, -0.2) is 52.0 Å². The van der Waals surface area contributed by atoms with Crippen molar-refractivity contribution >= 4 is 52.6 Å². The SMILES string of the molecule is CC(C)c1cccc(C(C)C)c1NC(=O)N1CCC2(CC1)SCCN2C(=O)c1ccc(Cl)cc1Cl. The van der Waals surface area contributed by atoms with Crippen molar-refractivity contribution in [2.75, 3.05) is 30.7 Å². The average molecular weight is 535 g/mol. The van der Waals surface area contributed by atoms with Crippen molar-refractivity contribution in [1.29, 1.82) is 0 Å². The molecule has 5 nitrogen and oxygen atoms in total. The maximum absolute atomic E-state index is 13.4. The standard InChI is InChI=1S/C27H33Cl2N3O2S/c1-17(2)20-6-5-7-21(18(3)4)24(20)30-26(34)31-12-10-27(11-13-31)32(14-15-35-27)25(33)22-9-8-19(28)16-23(22)29/h5-9,16-18H,10-15H2,1-4H3,(H,30,34). The summed E-state index contributed by atoms with van der Waals surface area (Å²) in [4.78, 5) is 30.3. The fourth-order valence-corrected chi connectivity index (χ4v) is 7.00. The smallest absolute Gasteiger partial charge is 0.321 e. The number of piperidine rings is 1. The minimum atomic E-state index is -0.310. The highest BCUT2D eigenvalue weighted by molar-refractivity contribution is 8.00. The van der Waals surface area contributed by atoms with E-state index in [1.807, 2.05) is 21.6 Å². The molecule has 4 rings (SSSR count). The topological polar surface area (TPSA) is 52.7 Å². The third-order valence-corrected chi connectivity index (χ3v) is 9.12. The van der Waals surface area contributed by atoms with Crippen LogP contribution in [0.1, 0.15) is 73.9 Å². The van der Waals surface area contributed by atoms with Crippen LogP contribution in [0, 0.1) is 0 Å². The van der Waals surface area contributed by atoms with Crippen molar-refractivity contribution in [2.45, 2.75) is 57.2 Å². The Morgan fingerprint density at radius 1 is 0.971 bits per heavy atom. The first-order valence-corrected chi connectivity index (χ1v) is 14.0. The summed E-state index contributed by atoms with van der Waals surface area (Å²) in [5.74, 6) is 1.43. The second-order valence-corrected chi connectivity index (χ2v) is 12.2. The lowest BCUT2D eigenvalue weighted by Crippen LogP contribution is -2.54. The number of carbonyl (C=O) groups is 2. The van der Waals surface area contributed by atoms with Crippen molar-refractivity contribution in [1.82, 2.24) is 9.80 Å². The minimum Gasteiger partial charge on any atom is -0.324 e. The number of hydrogen-bond acceptors (Lipinski definition) is 3. The highest BCUT2D eigenvalue weighted by atomic mass is 35.5. The Morgan fingerprint density at radius 2 is 1.60 bits per heavy atom. The quantitative estimate of drug-likeness (QED) is 0.443. The number of nitrogens with zero attached hydrogens (tertiary/aromatic N) is 2. The molecular formula is C27H33Cl2N3O2S. The van der Waals surface area contributed by atoms with Crippen LogP contribution in [0.5, 0.6) is 0 Å². The van der Waals surface area contributed by atoms with Crippen LogP contribution in [0.15, 0.2) is 36.4 Å². The Morgan fingerprint density at radius 3 is 2.17 bits per heavy atom. The lowest BCUT2D eigenvalue weighted by Gasteiger charge is -2.44. The van der Waals surface area contributed by atoms with Crippen molar-refractivity contribution < 1.29 is 9.59 Å². The van der Waals surface area contributed by atoms with E-state index in [9.17, 15) is 9.59 Å². The van der Waals surface area contributed by atoms with Gasteiger partial charge >= 0.3 is 6.03 Å². The molecular weight excluding hydrogens is 501 g/mol. The zero-order valence-electron chi connectivity index (χ0n) is 20.7. The Labute approximate surface area is 222 Å². The van der Waals surface area contributed by atoms with Gasteiger partial charge in [-0.2, -0.15) is 0 Å². The second kappa shape index (κ2) is 10.6. The summed E-state index contributed by atoms with van der Waals surface area (Å²) in [5, 5.41) is 4.11. The zero-order valence-corrected chi connectivity index (χ0v) is 23.1. The fraction of sp³-hybridized carbons (Fsp3) is 0.481. The molecule has 0 aliphatic carbocycles. The number of benzene rings is 2. The molecule has 8 heteroatoms. The Bertz CT molecular complexity index is 1090. The van der Waals surface area contributed by atoms with Gasteiger partial charge in [0.25, 0.3) is 5.91 Å². The van der Waals surface area contributed by atoms with E-state index < -0.39 is 0 Å². The number of amides is 3. The molecule has 35 heavy (non-hydrogen) atoms. The van der Waals surface area contributed by atoms with Gasteiger partial charge in [0.15, 0.2) is 0 Å². The van der Waals surface area contributed by atoms with E-state index in [1.165, 1.54) is 0 Å². The third kappa shape index (κ3) is 5.30. The molecule has 0 unspecified atom stereocenters. The predicted octanol–water partition coefficient (Wildman–Crippen LogP) is 7.45. The van der Waals surface area contributed by atoms with E-state index in [1.54, 1.807) is 18.2 Å². The molecule has 2 saturated heterocycles. The number of halogens is 2. The van der Waals surface area contributed by atoms with Crippen molar-refractivity contribution in [2.24, 2.45) is 0 Å². The zero-order chi connectivity index (χ0) is 25.3. The summed E-state index contributed by atoms with van der Waals surface area (Å²) < 4.78 is 0. The number of likely N-dealkylation sites (tertiary alicyclic amines) is 1. The van der Waals surface area contributed by atoms with Gasteiger partial charge in [0.2, 0.25) is 0 Å². The molecule has 2 aromatic rings. The van der Waals surface area contributed by atoms with Gasteiger partial charge in [-0.15, -0.1) is 11.8 Å². The lowest BCUT2D eigenvalue weighted by molar-refractivity contribution is 0.0586. The minimum absolute atomic E-state index is 0.0676. The molecule has 0 aromatic heterocycles. The van der Waals surface area contributed by atoms with Gasteiger partial charge in [0.05, 0.1) is 15.5 Å². The second-order valence-electron chi connectivity index (χ2n) is 9.91. The molecule has 188 valence electrons. The summed E-state index contributed by atoms with van der Waals surface area (Å²) in [5.41, 5.74) is 3.72. The third-order valence-electron chi connectivity index (χ3n) is 7.02.